The Hall–Kier alpha value is -4.51. The van der Waals surface area contributed by atoms with E-state index in [-0.39, 0.29) is 30.5 Å². The number of hydrogen-bond acceptors (Lipinski definition) is 7. The van der Waals surface area contributed by atoms with E-state index in [1.54, 1.807) is 18.2 Å². The quantitative estimate of drug-likeness (QED) is 0.0770. The second-order valence-corrected chi connectivity index (χ2v) is 20.6. The molecule has 6 atom stereocenters. The number of alkyl halides is 1. The SMILES string of the molecule is C[C@@H](NCCCO)c1ccccc1.C[C@H](c1ccccc1)N1CCCO[C@@H](c2cccc(Br)c2)C1=O.C[C@H](c1ccccc1)N1CCCO[C@H](c2cccc(Br)c2)C1=O.O=C(O)C(Br)c1cccc(Br)c1. The normalized spacial score (nSPS) is 17.5. The van der Waals surface area contributed by atoms with Crippen LogP contribution in [0, 0.1) is 0 Å². The van der Waals surface area contributed by atoms with Crippen molar-refractivity contribution in [3.63, 3.8) is 0 Å². The van der Waals surface area contributed by atoms with E-state index >= 15 is 0 Å². The van der Waals surface area contributed by atoms with Crippen LogP contribution in [0.25, 0.3) is 0 Å². The van der Waals surface area contributed by atoms with E-state index in [9.17, 15) is 14.4 Å². The molecule has 2 heterocycles. The van der Waals surface area contributed by atoms with Gasteiger partial charge in [0.2, 0.25) is 0 Å². The third-order valence-electron chi connectivity index (χ3n) is 11.9. The van der Waals surface area contributed by atoms with Crippen molar-refractivity contribution in [3.05, 3.63) is 211 Å². The fourth-order valence-corrected chi connectivity index (χ4v) is 9.54. The molecule has 2 amide bonds. The van der Waals surface area contributed by atoms with Crippen LogP contribution in [0.1, 0.15) is 109 Å². The van der Waals surface area contributed by atoms with Crippen LogP contribution in [0.4, 0.5) is 0 Å². The summed E-state index contributed by atoms with van der Waals surface area (Å²) in [7, 11) is 0. The summed E-state index contributed by atoms with van der Waals surface area (Å²) in [5.74, 6) is -0.804. The molecule has 0 radical (unpaired) electrons. The van der Waals surface area contributed by atoms with Crippen LogP contribution >= 0.6 is 63.7 Å². The van der Waals surface area contributed by atoms with Crippen molar-refractivity contribution in [2.75, 3.05) is 39.5 Å². The number of aliphatic carboxylic acids is 1. The van der Waals surface area contributed by atoms with E-state index in [0.29, 0.717) is 19.3 Å². The molecule has 6 aromatic carbocycles. The minimum absolute atomic E-state index is 0.0388. The number of nitrogens with one attached hydrogen (secondary N) is 1. The fourth-order valence-electron chi connectivity index (χ4n) is 8.01. The van der Waals surface area contributed by atoms with Crippen LogP contribution in [0.2, 0.25) is 0 Å². The topological polar surface area (TPSA) is 129 Å². The summed E-state index contributed by atoms with van der Waals surface area (Å²) in [6.07, 6.45) is 1.47. The number of carboxylic acid groups (broad SMARTS) is 1. The summed E-state index contributed by atoms with van der Waals surface area (Å²) in [6, 6.07) is 53.8. The van der Waals surface area contributed by atoms with Crippen molar-refractivity contribution in [3.8, 4) is 0 Å². The Morgan fingerprint density at radius 3 is 1.38 bits per heavy atom. The summed E-state index contributed by atoms with van der Waals surface area (Å²) in [5, 5.41) is 20.6. The van der Waals surface area contributed by atoms with Crippen molar-refractivity contribution in [2.24, 2.45) is 0 Å². The predicted molar refractivity (Wildman–Crippen MR) is 296 cm³/mol. The molecule has 71 heavy (non-hydrogen) atoms. The molecule has 8 rings (SSSR count). The Morgan fingerprint density at radius 2 is 0.986 bits per heavy atom. The number of hydrogen-bond donors (Lipinski definition) is 3. The van der Waals surface area contributed by atoms with Crippen LogP contribution in [0.5, 0.6) is 0 Å². The molecule has 0 aliphatic carbocycles. The minimum Gasteiger partial charge on any atom is -0.480 e. The number of carbonyl (C=O) groups is 3. The van der Waals surface area contributed by atoms with Crippen molar-refractivity contribution < 1.29 is 34.1 Å². The number of nitrogens with zero attached hydrogens (tertiary/aromatic N) is 2. The van der Waals surface area contributed by atoms with Gasteiger partial charge in [0, 0.05) is 52.4 Å². The van der Waals surface area contributed by atoms with Gasteiger partial charge in [0.15, 0.2) is 12.2 Å². The fraction of sp³-hybridized carbons (Fsp3) is 0.316. The standard InChI is InChI=1S/2C19H20BrNO2.C11H17NO.C8H6Br2O2/c2*1-14(15-7-3-2-4-8-15)21-11-6-12-23-18(19(21)22)16-9-5-10-17(20)13-16;1-10(12-8-5-9-13)11-6-3-2-4-7-11;9-6-3-1-2-5(4-6)7(10)8(11)12/h2*2-5,7-10,13-14,18H,6,11-12H2,1H3;2-4,6-7,10,12-13H,5,8-9H2,1H3;1-4,7H,(H,11,12)/t14-,18+;14-,18-;10-;/m111./s1. The zero-order valence-electron chi connectivity index (χ0n) is 40.3. The highest BCUT2D eigenvalue weighted by Crippen LogP contribution is 2.32. The average Bonchev–Trinajstić information content (AvgIpc) is 3.71. The predicted octanol–water partition coefficient (Wildman–Crippen LogP) is 13.7. The van der Waals surface area contributed by atoms with Crippen LogP contribution in [-0.4, -0.2) is 77.3 Å². The smallest absolute Gasteiger partial charge is 0.321 e. The Balaban J connectivity index is 0.000000184. The largest absolute Gasteiger partial charge is 0.480 e. The van der Waals surface area contributed by atoms with Gasteiger partial charge in [-0.05, 0) is 116 Å². The van der Waals surface area contributed by atoms with Crippen LogP contribution < -0.4 is 5.32 Å². The number of benzene rings is 6. The van der Waals surface area contributed by atoms with Gasteiger partial charge >= 0.3 is 5.97 Å². The van der Waals surface area contributed by atoms with Crippen LogP contribution in [0.3, 0.4) is 0 Å². The summed E-state index contributed by atoms with van der Waals surface area (Å²) in [4.78, 5) is 39.9. The molecular formula is C57H63Br4N3O7. The summed E-state index contributed by atoms with van der Waals surface area (Å²) in [5.41, 5.74) is 6.12. The van der Waals surface area contributed by atoms with Gasteiger partial charge in [-0.15, -0.1) is 0 Å². The van der Waals surface area contributed by atoms with Gasteiger partial charge in [0.1, 0.15) is 4.83 Å². The maximum Gasteiger partial charge on any atom is 0.321 e. The number of ether oxygens (including phenoxy) is 2. The first-order chi connectivity index (χ1) is 34.3. The summed E-state index contributed by atoms with van der Waals surface area (Å²) >= 11 is 13.3. The van der Waals surface area contributed by atoms with E-state index in [1.165, 1.54) is 5.56 Å². The highest BCUT2D eigenvalue weighted by Gasteiger charge is 2.34. The second-order valence-electron chi connectivity index (χ2n) is 17.0. The van der Waals surface area contributed by atoms with Gasteiger partial charge < -0.3 is 34.8 Å². The maximum absolute atomic E-state index is 13.1. The van der Waals surface area contributed by atoms with Gasteiger partial charge in [0.05, 0.1) is 12.1 Å². The van der Waals surface area contributed by atoms with Crippen LogP contribution in [0.15, 0.2) is 177 Å². The lowest BCUT2D eigenvalue weighted by Crippen LogP contribution is -2.36. The first kappa shape index (κ1) is 57.4. The number of aliphatic hydroxyl groups excluding tert-OH is 1. The zero-order valence-corrected chi connectivity index (χ0v) is 46.6. The Bertz CT molecular complexity index is 2420. The highest BCUT2D eigenvalue weighted by atomic mass is 79.9. The third-order valence-corrected chi connectivity index (χ3v) is 14.3. The first-order valence-electron chi connectivity index (χ1n) is 23.8. The number of halogens is 4. The molecule has 3 N–H and O–H groups in total. The third kappa shape index (κ3) is 18.2. The molecule has 10 nitrogen and oxygen atoms in total. The lowest BCUT2D eigenvalue weighted by Gasteiger charge is -2.30. The Labute approximate surface area is 452 Å². The number of aliphatic hydroxyl groups is 1. The second kappa shape index (κ2) is 30.5. The van der Waals surface area contributed by atoms with Gasteiger partial charge in [-0.3, -0.25) is 14.4 Å². The molecule has 0 saturated carbocycles. The number of amides is 2. The number of carbonyl (C=O) groups excluding carboxylic acids is 2. The monoisotopic (exact) mass is 1220 g/mol. The number of carboxylic acids is 1. The van der Waals surface area contributed by atoms with Gasteiger partial charge in [-0.25, -0.2) is 0 Å². The average molecular weight is 1220 g/mol. The van der Waals surface area contributed by atoms with Gasteiger partial charge in [0.25, 0.3) is 11.8 Å². The van der Waals surface area contributed by atoms with E-state index in [0.717, 1.165) is 80.1 Å². The molecule has 2 saturated heterocycles. The van der Waals surface area contributed by atoms with E-state index in [1.807, 2.05) is 119 Å². The van der Waals surface area contributed by atoms with Crippen molar-refractivity contribution in [1.29, 1.82) is 0 Å². The molecule has 14 heteroatoms. The van der Waals surface area contributed by atoms with E-state index in [2.05, 4.69) is 126 Å². The molecule has 0 aromatic heterocycles. The lowest BCUT2D eigenvalue weighted by molar-refractivity contribution is -0.143. The molecule has 0 bridgehead atoms. The Kier molecular flexibility index (Phi) is 24.7. The minimum atomic E-state index is -0.881. The van der Waals surface area contributed by atoms with Crippen molar-refractivity contribution in [1.82, 2.24) is 15.1 Å². The van der Waals surface area contributed by atoms with Gasteiger partial charge in [-0.2, -0.15) is 0 Å². The molecule has 6 aromatic rings. The molecule has 2 aliphatic rings. The highest BCUT2D eigenvalue weighted by molar-refractivity contribution is 9.11. The molecule has 1 unspecified atom stereocenters. The van der Waals surface area contributed by atoms with Crippen molar-refractivity contribution >= 4 is 81.5 Å². The number of rotatable bonds is 13. The van der Waals surface area contributed by atoms with Crippen molar-refractivity contribution in [2.45, 2.75) is 75.2 Å². The molecule has 2 fully saturated rings. The first-order valence-corrected chi connectivity index (χ1v) is 27.0. The van der Waals surface area contributed by atoms with E-state index in [4.69, 9.17) is 19.7 Å². The molecule has 2 aliphatic heterocycles. The maximum atomic E-state index is 13.1. The van der Waals surface area contributed by atoms with Crippen LogP contribution in [-0.2, 0) is 23.9 Å². The Morgan fingerprint density at radius 1 is 0.592 bits per heavy atom. The van der Waals surface area contributed by atoms with E-state index < -0.39 is 23.0 Å². The van der Waals surface area contributed by atoms with Gasteiger partial charge in [-0.1, -0.05) is 191 Å². The summed E-state index contributed by atoms with van der Waals surface area (Å²) < 4.78 is 14.5. The molecule has 376 valence electrons. The molecule has 0 spiro atoms. The summed E-state index contributed by atoms with van der Waals surface area (Å²) in [6.45, 7) is 10.1. The lowest BCUT2D eigenvalue weighted by atomic mass is 10.0. The zero-order chi connectivity index (χ0) is 51.1. The molecular weight excluding hydrogens is 1160 g/mol.